The summed E-state index contributed by atoms with van der Waals surface area (Å²) < 4.78 is 8.76. The summed E-state index contributed by atoms with van der Waals surface area (Å²) in [5.74, 6) is 0.484. The summed E-state index contributed by atoms with van der Waals surface area (Å²) in [5, 5.41) is 24.7. The molecule has 2 aromatic carbocycles. The lowest BCUT2D eigenvalue weighted by Gasteiger charge is -2.28. The second-order valence-electron chi connectivity index (χ2n) is 7.17. The SMILES string of the molecule is CCOC(=O)C1=C(CSc2nnc(-c3ccccc3)s2)Nc2nnnn2C1c1ccc(Br)cc1. The minimum atomic E-state index is -0.525. The Labute approximate surface area is 211 Å². The molecule has 1 atom stereocenters. The van der Waals surface area contributed by atoms with Gasteiger partial charge in [0.25, 0.3) is 0 Å². The van der Waals surface area contributed by atoms with Crippen molar-refractivity contribution in [3.63, 3.8) is 0 Å². The number of rotatable bonds is 7. The summed E-state index contributed by atoms with van der Waals surface area (Å²) in [4.78, 5) is 13.1. The normalized spacial score (nSPS) is 15.1. The monoisotopic (exact) mass is 555 g/mol. The summed E-state index contributed by atoms with van der Waals surface area (Å²) in [6.07, 6.45) is 0. The van der Waals surface area contributed by atoms with Gasteiger partial charge >= 0.3 is 5.97 Å². The van der Waals surface area contributed by atoms with Gasteiger partial charge < -0.3 is 10.1 Å². The van der Waals surface area contributed by atoms with E-state index in [1.807, 2.05) is 54.6 Å². The summed E-state index contributed by atoms with van der Waals surface area (Å²) >= 11 is 6.46. The van der Waals surface area contributed by atoms with E-state index in [0.717, 1.165) is 24.9 Å². The second-order valence-corrected chi connectivity index (χ2v) is 10.3. The predicted octanol–water partition coefficient (Wildman–Crippen LogP) is 4.58. The van der Waals surface area contributed by atoms with Crippen LogP contribution in [-0.2, 0) is 9.53 Å². The van der Waals surface area contributed by atoms with Crippen LogP contribution in [0.2, 0.25) is 0 Å². The van der Waals surface area contributed by atoms with E-state index in [0.29, 0.717) is 23.0 Å². The van der Waals surface area contributed by atoms with Crippen LogP contribution < -0.4 is 5.32 Å². The number of nitrogens with one attached hydrogen (secondary N) is 1. The number of nitrogens with zero attached hydrogens (tertiary/aromatic N) is 6. The molecule has 0 bridgehead atoms. The van der Waals surface area contributed by atoms with E-state index in [-0.39, 0.29) is 6.61 Å². The molecule has 0 radical (unpaired) electrons. The number of carbonyl (C=O) groups is 1. The van der Waals surface area contributed by atoms with E-state index in [1.54, 1.807) is 11.6 Å². The lowest BCUT2D eigenvalue weighted by atomic mass is 9.96. The van der Waals surface area contributed by atoms with Crippen molar-refractivity contribution in [2.45, 2.75) is 17.3 Å². The van der Waals surface area contributed by atoms with E-state index in [4.69, 9.17) is 4.74 Å². The number of hydrogen-bond donors (Lipinski definition) is 1. The van der Waals surface area contributed by atoms with Gasteiger partial charge in [-0.15, -0.1) is 10.2 Å². The molecular formula is C22H18BrN7O2S2. The van der Waals surface area contributed by atoms with Crippen LogP contribution in [0.15, 0.2) is 74.7 Å². The van der Waals surface area contributed by atoms with Crippen molar-refractivity contribution in [2.75, 3.05) is 17.7 Å². The molecule has 0 amide bonds. The van der Waals surface area contributed by atoms with Crippen molar-refractivity contribution in [3.8, 4) is 10.6 Å². The average Bonchev–Trinajstić information content (AvgIpc) is 3.53. The fraction of sp³-hybridized carbons (Fsp3) is 0.182. The Morgan fingerprint density at radius 1 is 1.15 bits per heavy atom. The Hall–Kier alpha value is -3.09. The second kappa shape index (κ2) is 10.0. The van der Waals surface area contributed by atoms with E-state index >= 15 is 0 Å². The molecule has 0 spiro atoms. The molecule has 1 unspecified atom stereocenters. The maximum atomic E-state index is 13.1. The Balaban J connectivity index is 1.49. The third-order valence-corrected chi connectivity index (χ3v) is 7.71. The highest BCUT2D eigenvalue weighted by atomic mass is 79.9. The van der Waals surface area contributed by atoms with Crippen LogP contribution in [0.4, 0.5) is 5.95 Å². The molecule has 9 nitrogen and oxygen atoms in total. The number of anilines is 1. The molecule has 1 aliphatic rings. The Bertz CT molecular complexity index is 1340. The van der Waals surface area contributed by atoms with Crippen LogP contribution >= 0.6 is 39.0 Å². The first-order chi connectivity index (χ1) is 16.6. The van der Waals surface area contributed by atoms with Crippen molar-refractivity contribution >= 4 is 50.9 Å². The number of ether oxygens (including phenoxy) is 1. The molecule has 0 aliphatic carbocycles. The zero-order valence-corrected chi connectivity index (χ0v) is 21.1. The van der Waals surface area contributed by atoms with E-state index in [1.165, 1.54) is 23.1 Å². The first-order valence-corrected chi connectivity index (χ1v) is 13.0. The molecule has 5 rings (SSSR count). The molecule has 34 heavy (non-hydrogen) atoms. The molecule has 12 heteroatoms. The number of benzene rings is 2. The number of tetrazole rings is 1. The van der Waals surface area contributed by atoms with Crippen molar-refractivity contribution in [3.05, 3.63) is 75.9 Å². The maximum absolute atomic E-state index is 13.1. The van der Waals surface area contributed by atoms with E-state index < -0.39 is 12.0 Å². The fourth-order valence-corrected chi connectivity index (χ4v) is 5.64. The molecule has 0 saturated heterocycles. The van der Waals surface area contributed by atoms with Gasteiger partial charge in [0.15, 0.2) is 4.34 Å². The lowest BCUT2D eigenvalue weighted by molar-refractivity contribution is -0.139. The van der Waals surface area contributed by atoms with Gasteiger partial charge in [-0.2, -0.15) is 4.68 Å². The molecular weight excluding hydrogens is 538 g/mol. The van der Waals surface area contributed by atoms with Gasteiger partial charge in [-0.3, -0.25) is 0 Å². The Morgan fingerprint density at radius 2 is 1.94 bits per heavy atom. The van der Waals surface area contributed by atoms with E-state index in [9.17, 15) is 4.79 Å². The van der Waals surface area contributed by atoms with Gasteiger partial charge in [0.05, 0.1) is 12.2 Å². The number of halogens is 1. The van der Waals surface area contributed by atoms with Gasteiger partial charge in [-0.05, 0) is 35.0 Å². The number of aromatic nitrogens is 6. The largest absolute Gasteiger partial charge is 0.463 e. The summed E-state index contributed by atoms with van der Waals surface area (Å²) in [6.45, 7) is 2.04. The van der Waals surface area contributed by atoms with Gasteiger partial charge in [0.1, 0.15) is 11.0 Å². The predicted molar refractivity (Wildman–Crippen MR) is 133 cm³/mol. The number of carbonyl (C=O) groups excluding carboxylic acids is 1. The van der Waals surface area contributed by atoms with Gasteiger partial charge in [0, 0.05) is 21.5 Å². The smallest absolute Gasteiger partial charge is 0.338 e. The average molecular weight is 556 g/mol. The lowest BCUT2D eigenvalue weighted by Crippen LogP contribution is -2.31. The van der Waals surface area contributed by atoms with Crippen molar-refractivity contribution in [2.24, 2.45) is 0 Å². The van der Waals surface area contributed by atoms with Crippen LogP contribution in [0.3, 0.4) is 0 Å². The molecule has 172 valence electrons. The quantitative estimate of drug-likeness (QED) is 0.259. The third-order valence-electron chi connectivity index (χ3n) is 5.05. The maximum Gasteiger partial charge on any atom is 0.338 e. The number of thioether (sulfide) groups is 1. The molecule has 3 heterocycles. The van der Waals surface area contributed by atoms with Crippen LogP contribution in [-0.4, -0.2) is 48.7 Å². The molecule has 2 aromatic heterocycles. The third kappa shape index (κ3) is 4.61. The molecule has 4 aromatic rings. The number of fused-ring (bicyclic) bond motifs is 1. The number of hydrogen-bond acceptors (Lipinski definition) is 10. The molecule has 1 aliphatic heterocycles. The molecule has 0 fully saturated rings. The van der Waals surface area contributed by atoms with Gasteiger partial charge in [-0.1, -0.05) is 86.6 Å². The minimum Gasteiger partial charge on any atom is -0.463 e. The van der Waals surface area contributed by atoms with Crippen molar-refractivity contribution in [1.29, 1.82) is 0 Å². The van der Waals surface area contributed by atoms with Crippen molar-refractivity contribution < 1.29 is 9.53 Å². The zero-order chi connectivity index (χ0) is 23.5. The van der Waals surface area contributed by atoms with Crippen LogP contribution in [0.25, 0.3) is 10.6 Å². The van der Waals surface area contributed by atoms with Gasteiger partial charge in [0.2, 0.25) is 5.95 Å². The zero-order valence-electron chi connectivity index (χ0n) is 17.9. The number of esters is 1. The Kier molecular flexibility index (Phi) is 6.70. The highest BCUT2D eigenvalue weighted by Gasteiger charge is 2.36. The van der Waals surface area contributed by atoms with Crippen LogP contribution in [0.1, 0.15) is 18.5 Å². The van der Waals surface area contributed by atoms with Gasteiger partial charge in [-0.25, -0.2) is 4.79 Å². The van der Waals surface area contributed by atoms with Crippen LogP contribution in [0, 0.1) is 0 Å². The Morgan fingerprint density at radius 3 is 2.71 bits per heavy atom. The molecule has 0 saturated carbocycles. The highest BCUT2D eigenvalue weighted by molar-refractivity contribution is 9.10. The summed E-state index contributed by atoms with van der Waals surface area (Å²) in [5.41, 5.74) is 3.02. The van der Waals surface area contributed by atoms with Crippen molar-refractivity contribution in [1.82, 2.24) is 30.4 Å². The highest BCUT2D eigenvalue weighted by Crippen LogP contribution is 2.38. The summed E-state index contributed by atoms with van der Waals surface area (Å²) in [7, 11) is 0. The first-order valence-electron chi connectivity index (χ1n) is 10.4. The van der Waals surface area contributed by atoms with Crippen LogP contribution in [0.5, 0.6) is 0 Å². The standard InChI is InChI=1S/C22H18BrN7O2S2/c1-2-32-20(31)17-16(12-33-22-27-25-19(34-22)14-6-4-3-5-7-14)24-21-26-28-29-30(21)18(17)13-8-10-15(23)11-9-13/h3-11,18H,2,12H2,1H3,(H,24,26,29). The van der Waals surface area contributed by atoms with E-state index in [2.05, 4.69) is 47.0 Å². The fourth-order valence-electron chi connectivity index (χ4n) is 3.55. The topological polar surface area (TPSA) is 108 Å². The molecule has 1 N–H and O–H groups in total. The first kappa shape index (κ1) is 22.7. The minimum absolute atomic E-state index is 0.259. The summed E-state index contributed by atoms with van der Waals surface area (Å²) in [6, 6.07) is 17.1.